The Morgan fingerprint density at radius 2 is 1.88 bits per heavy atom. The average molecular weight is 350 g/mol. The fourth-order valence-corrected chi connectivity index (χ4v) is 3.68. The molecule has 1 aromatic carbocycles. The summed E-state index contributed by atoms with van der Waals surface area (Å²) in [5, 5.41) is 0.674. The Kier molecular flexibility index (Phi) is 4.42. The lowest BCUT2D eigenvalue weighted by Crippen LogP contribution is -2.38. The molecule has 1 aromatic heterocycles. The number of hydrogen-bond acceptors (Lipinski definition) is 5. The van der Waals surface area contributed by atoms with E-state index < -0.39 is 21.6 Å². The van der Waals surface area contributed by atoms with Gasteiger partial charge < -0.3 is 9.32 Å². The summed E-state index contributed by atoms with van der Waals surface area (Å²) in [6.07, 6.45) is 1.68. The Morgan fingerprint density at radius 1 is 1.12 bits per heavy atom. The summed E-state index contributed by atoms with van der Waals surface area (Å²) in [7, 11) is -3.28. The van der Waals surface area contributed by atoms with Gasteiger partial charge in [0.1, 0.15) is 11.1 Å². The number of para-hydroxylation sites is 1. The van der Waals surface area contributed by atoms with Crippen LogP contribution in [0, 0.1) is 0 Å². The fourth-order valence-electron chi connectivity index (χ4n) is 2.81. The zero-order valence-corrected chi connectivity index (χ0v) is 14.1. The third-order valence-corrected chi connectivity index (χ3v) is 5.39. The van der Waals surface area contributed by atoms with Crippen molar-refractivity contribution in [2.24, 2.45) is 0 Å². The van der Waals surface area contributed by atoms with Crippen LogP contribution < -0.4 is 5.63 Å². The summed E-state index contributed by atoms with van der Waals surface area (Å²) in [4.78, 5) is 26.3. The van der Waals surface area contributed by atoms with Gasteiger partial charge in [-0.05, 0) is 18.6 Å². The minimum atomic E-state index is -3.28. The molecule has 24 heavy (non-hydrogen) atoms. The fraction of sp³-hybridized carbons (Fsp3) is 0.375. The van der Waals surface area contributed by atoms with Gasteiger partial charge in [0.05, 0.1) is 6.26 Å². The minimum absolute atomic E-state index is 0.0264. The van der Waals surface area contributed by atoms with Gasteiger partial charge in [-0.3, -0.25) is 4.79 Å². The number of sulfonamides is 1. The van der Waals surface area contributed by atoms with Crippen LogP contribution in [0.5, 0.6) is 0 Å². The maximum absolute atomic E-state index is 12.7. The number of carbonyl (C=O) groups is 1. The Bertz CT molecular complexity index is 935. The Balaban J connectivity index is 1.87. The molecular weight excluding hydrogens is 332 g/mol. The van der Waals surface area contributed by atoms with E-state index in [4.69, 9.17) is 4.42 Å². The normalized spacial score (nSPS) is 17.0. The molecule has 0 bridgehead atoms. The smallest absolute Gasteiger partial charge is 0.349 e. The van der Waals surface area contributed by atoms with Crippen LogP contribution in [0.15, 0.2) is 39.5 Å². The van der Waals surface area contributed by atoms with Crippen molar-refractivity contribution in [3.8, 4) is 0 Å². The minimum Gasteiger partial charge on any atom is -0.422 e. The van der Waals surface area contributed by atoms with Crippen molar-refractivity contribution in [3.63, 3.8) is 0 Å². The SMILES string of the molecule is CS(=O)(=O)N1CCCN(C(=O)c2cc3ccccc3oc2=O)CC1. The topological polar surface area (TPSA) is 87.9 Å². The number of hydrogen-bond donors (Lipinski definition) is 0. The van der Waals surface area contributed by atoms with Crippen molar-refractivity contribution in [1.29, 1.82) is 0 Å². The van der Waals surface area contributed by atoms with Gasteiger partial charge in [-0.25, -0.2) is 17.5 Å². The molecule has 1 saturated heterocycles. The van der Waals surface area contributed by atoms with Gasteiger partial charge in [0.15, 0.2) is 0 Å². The molecule has 1 amide bonds. The average Bonchev–Trinajstić information content (AvgIpc) is 2.79. The first kappa shape index (κ1) is 16.7. The van der Waals surface area contributed by atoms with Gasteiger partial charge in [0, 0.05) is 31.6 Å². The second-order valence-electron chi connectivity index (χ2n) is 5.79. The van der Waals surface area contributed by atoms with Crippen molar-refractivity contribution in [1.82, 2.24) is 9.21 Å². The molecular formula is C16H18N2O5S. The molecule has 2 heterocycles. The molecule has 128 valence electrons. The first-order chi connectivity index (χ1) is 11.4. The molecule has 1 aliphatic rings. The second kappa shape index (κ2) is 6.37. The standard InChI is InChI=1S/C16H18N2O5S/c1-24(21,22)18-8-4-7-17(9-10-18)15(19)13-11-12-5-2-3-6-14(12)23-16(13)20/h2-3,5-6,11H,4,7-10H2,1H3. The lowest BCUT2D eigenvalue weighted by atomic mass is 10.1. The zero-order chi connectivity index (χ0) is 17.3. The largest absolute Gasteiger partial charge is 0.422 e. The van der Waals surface area contributed by atoms with Gasteiger partial charge in [-0.15, -0.1) is 0 Å². The molecule has 0 N–H and O–H groups in total. The van der Waals surface area contributed by atoms with Crippen LogP contribution in [-0.4, -0.2) is 56.0 Å². The molecule has 7 nitrogen and oxygen atoms in total. The summed E-state index contributed by atoms with van der Waals surface area (Å²) in [6, 6.07) is 8.51. The van der Waals surface area contributed by atoms with E-state index in [1.165, 1.54) is 15.3 Å². The van der Waals surface area contributed by atoms with Crippen molar-refractivity contribution >= 4 is 26.9 Å². The van der Waals surface area contributed by atoms with Crippen molar-refractivity contribution in [3.05, 3.63) is 46.3 Å². The van der Waals surface area contributed by atoms with Crippen LogP contribution >= 0.6 is 0 Å². The number of nitrogens with zero attached hydrogens (tertiary/aromatic N) is 2. The van der Waals surface area contributed by atoms with Crippen LogP contribution in [0.25, 0.3) is 11.0 Å². The van der Waals surface area contributed by atoms with Crippen molar-refractivity contribution in [2.45, 2.75) is 6.42 Å². The molecule has 2 aromatic rings. The summed E-state index contributed by atoms with van der Waals surface area (Å²) < 4.78 is 29.8. The summed E-state index contributed by atoms with van der Waals surface area (Å²) >= 11 is 0. The maximum Gasteiger partial charge on any atom is 0.349 e. The molecule has 1 fully saturated rings. The molecule has 0 atom stereocenters. The van der Waals surface area contributed by atoms with E-state index in [2.05, 4.69) is 0 Å². The Hall–Kier alpha value is -2.19. The molecule has 0 saturated carbocycles. The van der Waals surface area contributed by atoms with Gasteiger partial charge in [0.25, 0.3) is 5.91 Å². The van der Waals surface area contributed by atoms with E-state index in [-0.39, 0.29) is 18.7 Å². The van der Waals surface area contributed by atoms with Crippen LogP contribution in [0.4, 0.5) is 0 Å². The highest BCUT2D eigenvalue weighted by molar-refractivity contribution is 7.88. The van der Waals surface area contributed by atoms with Crippen LogP contribution in [0.3, 0.4) is 0 Å². The third-order valence-electron chi connectivity index (χ3n) is 4.08. The van der Waals surface area contributed by atoms with Crippen LogP contribution in [-0.2, 0) is 10.0 Å². The molecule has 3 rings (SSSR count). The van der Waals surface area contributed by atoms with E-state index in [1.807, 2.05) is 0 Å². The zero-order valence-electron chi connectivity index (χ0n) is 13.3. The highest BCUT2D eigenvalue weighted by Gasteiger charge is 2.26. The van der Waals surface area contributed by atoms with Gasteiger partial charge in [-0.1, -0.05) is 18.2 Å². The van der Waals surface area contributed by atoms with Gasteiger partial charge >= 0.3 is 5.63 Å². The lowest BCUT2D eigenvalue weighted by molar-refractivity contribution is 0.0760. The highest BCUT2D eigenvalue weighted by Crippen LogP contribution is 2.15. The van der Waals surface area contributed by atoms with Gasteiger partial charge in [0.2, 0.25) is 10.0 Å². The first-order valence-corrected chi connectivity index (χ1v) is 9.48. The first-order valence-electron chi connectivity index (χ1n) is 7.63. The number of benzene rings is 1. The molecule has 0 aliphatic carbocycles. The number of amides is 1. The third kappa shape index (κ3) is 3.34. The summed E-state index contributed by atoms with van der Waals surface area (Å²) in [5.41, 5.74) is -0.275. The highest BCUT2D eigenvalue weighted by atomic mass is 32.2. The lowest BCUT2D eigenvalue weighted by Gasteiger charge is -2.20. The monoisotopic (exact) mass is 350 g/mol. The van der Waals surface area contributed by atoms with Crippen LogP contribution in [0.2, 0.25) is 0 Å². The quantitative estimate of drug-likeness (QED) is 0.751. The van der Waals surface area contributed by atoms with E-state index in [9.17, 15) is 18.0 Å². The molecule has 0 unspecified atom stereocenters. The summed E-state index contributed by atoms with van der Waals surface area (Å²) in [6.45, 7) is 1.24. The second-order valence-corrected chi connectivity index (χ2v) is 7.78. The molecule has 0 radical (unpaired) electrons. The van der Waals surface area contributed by atoms with E-state index >= 15 is 0 Å². The number of fused-ring (bicyclic) bond motifs is 1. The van der Waals surface area contributed by atoms with Crippen molar-refractivity contribution < 1.29 is 17.6 Å². The summed E-state index contributed by atoms with van der Waals surface area (Å²) in [5.74, 6) is -0.426. The number of rotatable bonds is 2. The number of carbonyl (C=O) groups excluding carboxylic acids is 1. The Morgan fingerprint density at radius 3 is 2.62 bits per heavy atom. The predicted molar refractivity (Wildman–Crippen MR) is 89.4 cm³/mol. The molecule has 8 heteroatoms. The van der Waals surface area contributed by atoms with Gasteiger partial charge in [-0.2, -0.15) is 0 Å². The van der Waals surface area contributed by atoms with E-state index in [0.717, 1.165) is 6.26 Å². The molecule has 1 aliphatic heterocycles. The van der Waals surface area contributed by atoms with E-state index in [1.54, 1.807) is 24.3 Å². The maximum atomic E-state index is 12.7. The van der Waals surface area contributed by atoms with E-state index in [0.29, 0.717) is 30.5 Å². The van der Waals surface area contributed by atoms with Crippen molar-refractivity contribution in [2.75, 3.05) is 32.4 Å². The predicted octanol–water partition coefficient (Wildman–Crippen LogP) is 0.900. The Labute approximate surface area is 139 Å². The van der Waals surface area contributed by atoms with Crippen LogP contribution in [0.1, 0.15) is 16.8 Å². The molecule has 0 spiro atoms.